The highest BCUT2D eigenvalue weighted by molar-refractivity contribution is 5.95. The number of nitrogens with one attached hydrogen (secondary N) is 1. The van der Waals surface area contributed by atoms with Crippen LogP contribution in [-0.2, 0) is 0 Å². The van der Waals surface area contributed by atoms with Crippen LogP contribution in [0.2, 0.25) is 0 Å². The minimum atomic E-state index is -0.550. The van der Waals surface area contributed by atoms with E-state index < -0.39 is 11.7 Å². The first-order chi connectivity index (χ1) is 11.9. The number of methoxy groups -OCH3 is 1. The molecular weight excluding hydrogens is 319 g/mol. The predicted molar refractivity (Wildman–Crippen MR) is 98.2 cm³/mol. The number of hydrogen-bond donors (Lipinski definition) is 2. The molecule has 2 rings (SSSR count). The molecule has 0 bridgehead atoms. The Bertz CT molecular complexity index is 714. The van der Waals surface area contributed by atoms with Crippen molar-refractivity contribution in [2.75, 3.05) is 13.7 Å². The van der Waals surface area contributed by atoms with Crippen molar-refractivity contribution >= 4 is 5.91 Å². The molecule has 5 heteroatoms. The first-order valence-electron chi connectivity index (χ1n) is 8.39. The highest BCUT2D eigenvalue weighted by atomic mass is 19.1. The van der Waals surface area contributed by atoms with E-state index >= 15 is 0 Å². The van der Waals surface area contributed by atoms with Gasteiger partial charge in [0.2, 0.25) is 0 Å². The Morgan fingerprint density at radius 1 is 1.16 bits per heavy atom. The molecule has 4 nitrogen and oxygen atoms in total. The van der Waals surface area contributed by atoms with Gasteiger partial charge in [-0.05, 0) is 47.7 Å². The van der Waals surface area contributed by atoms with Crippen molar-refractivity contribution in [1.29, 1.82) is 0 Å². The Labute approximate surface area is 148 Å². The number of carbonyl (C=O) groups is 1. The summed E-state index contributed by atoms with van der Waals surface area (Å²) < 4.78 is 19.5. The predicted octanol–water partition coefficient (Wildman–Crippen LogP) is 3.60. The second kappa shape index (κ2) is 8.62. The fourth-order valence-corrected chi connectivity index (χ4v) is 2.71. The summed E-state index contributed by atoms with van der Waals surface area (Å²) in [6, 6.07) is 11.8. The van der Waals surface area contributed by atoms with Crippen LogP contribution in [0.3, 0.4) is 0 Å². The first kappa shape index (κ1) is 18.9. The van der Waals surface area contributed by atoms with Crippen LogP contribution in [0.4, 0.5) is 4.39 Å². The van der Waals surface area contributed by atoms with Crippen LogP contribution in [0.15, 0.2) is 42.5 Å². The van der Waals surface area contributed by atoms with Gasteiger partial charge < -0.3 is 15.8 Å². The molecule has 134 valence electrons. The average molecular weight is 344 g/mol. The zero-order chi connectivity index (χ0) is 18.4. The molecule has 0 aromatic heterocycles. The van der Waals surface area contributed by atoms with Crippen LogP contribution in [0.5, 0.6) is 5.75 Å². The van der Waals surface area contributed by atoms with Crippen LogP contribution in [0, 0.1) is 11.7 Å². The number of hydrogen-bond acceptors (Lipinski definition) is 3. The molecule has 0 saturated heterocycles. The van der Waals surface area contributed by atoms with Gasteiger partial charge in [-0.15, -0.1) is 0 Å². The van der Waals surface area contributed by atoms with Crippen molar-refractivity contribution in [3.63, 3.8) is 0 Å². The molecule has 0 aliphatic heterocycles. The van der Waals surface area contributed by atoms with Crippen molar-refractivity contribution in [3.05, 3.63) is 53.8 Å². The number of halogens is 1. The van der Waals surface area contributed by atoms with Gasteiger partial charge in [0, 0.05) is 12.6 Å². The molecule has 0 radical (unpaired) electrons. The van der Waals surface area contributed by atoms with E-state index in [9.17, 15) is 9.18 Å². The van der Waals surface area contributed by atoms with E-state index in [4.69, 9.17) is 10.5 Å². The van der Waals surface area contributed by atoms with E-state index in [2.05, 4.69) is 19.2 Å². The zero-order valence-electron chi connectivity index (χ0n) is 14.9. The SMILES string of the molecule is COc1ccc(-c2ccc(C(=O)NC(CN)CC(C)C)c(F)c2)cc1. The molecule has 3 N–H and O–H groups in total. The lowest BCUT2D eigenvalue weighted by Gasteiger charge is -2.19. The van der Waals surface area contributed by atoms with Crippen LogP contribution in [-0.4, -0.2) is 25.6 Å². The highest BCUT2D eigenvalue weighted by Crippen LogP contribution is 2.24. The normalized spacial score (nSPS) is 12.1. The van der Waals surface area contributed by atoms with E-state index in [1.165, 1.54) is 12.1 Å². The summed E-state index contributed by atoms with van der Waals surface area (Å²) in [6.45, 7) is 4.44. The summed E-state index contributed by atoms with van der Waals surface area (Å²) in [5.74, 6) is 0.148. The molecule has 0 spiro atoms. The average Bonchev–Trinajstić information content (AvgIpc) is 2.60. The zero-order valence-corrected chi connectivity index (χ0v) is 14.9. The Hall–Kier alpha value is -2.40. The smallest absolute Gasteiger partial charge is 0.254 e. The molecule has 2 aromatic carbocycles. The van der Waals surface area contributed by atoms with Crippen molar-refractivity contribution < 1.29 is 13.9 Å². The maximum Gasteiger partial charge on any atom is 0.254 e. The largest absolute Gasteiger partial charge is 0.497 e. The Balaban J connectivity index is 2.16. The van der Waals surface area contributed by atoms with Crippen molar-refractivity contribution in [3.8, 4) is 16.9 Å². The second-order valence-corrected chi connectivity index (χ2v) is 6.46. The van der Waals surface area contributed by atoms with Gasteiger partial charge in [-0.1, -0.05) is 32.0 Å². The third kappa shape index (κ3) is 5.03. The fraction of sp³-hybridized carbons (Fsp3) is 0.350. The lowest BCUT2D eigenvalue weighted by atomic mass is 10.0. The highest BCUT2D eigenvalue weighted by Gasteiger charge is 2.17. The van der Waals surface area contributed by atoms with E-state index in [0.29, 0.717) is 18.0 Å². The molecule has 25 heavy (non-hydrogen) atoms. The lowest BCUT2D eigenvalue weighted by molar-refractivity contribution is 0.0929. The van der Waals surface area contributed by atoms with Gasteiger partial charge >= 0.3 is 0 Å². The van der Waals surface area contributed by atoms with Crippen LogP contribution >= 0.6 is 0 Å². The summed E-state index contributed by atoms with van der Waals surface area (Å²) in [5, 5.41) is 2.81. The minimum absolute atomic E-state index is 0.0273. The summed E-state index contributed by atoms with van der Waals surface area (Å²) in [5.41, 5.74) is 7.27. The van der Waals surface area contributed by atoms with E-state index in [-0.39, 0.29) is 11.6 Å². The molecule has 1 amide bonds. The van der Waals surface area contributed by atoms with Gasteiger partial charge in [0.15, 0.2) is 0 Å². The maximum absolute atomic E-state index is 14.4. The monoisotopic (exact) mass is 344 g/mol. The molecule has 0 aliphatic carbocycles. The quantitative estimate of drug-likeness (QED) is 0.806. The van der Waals surface area contributed by atoms with E-state index in [1.807, 2.05) is 24.3 Å². The first-order valence-corrected chi connectivity index (χ1v) is 8.39. The van der Waals surface area contributed by atoms with Crippen molar-refractivity contribution in [1.82, 2.24) is 5.32 Å². The fourth-order valence-electron chi connectivity index (χ4n) is 2.71. The molecule has 1 atom stereocenters. The Morgan fingerprint density at radius 2 is 1.80 bits per heavy atom. The number of nitrogens with two attached hydrogens (primary N) is 1. The van der Waals surface area contributed by atoms with Crippen molar-refractivity contribution in [2.45, 2.75) is 26.3 Å². The Kier molecular flexibility index (Phi) is 6.53. The standard InChI is InChI=1S/C20H25FN2O2/c1-13(2)10-16(12-22)23-20(24)18-9-6-15(11-19(18)21)14-4-7-17(25-3)8-5-14/h4-9,11,13,16H,10,12,22H2,1-3H3,(H,23,24). The van der Waals surface area contributed by atoms with Crippen LogP contribution < -0.4 is 15.8 Å². The van der Waals surface area contributed by atoms with Gasteiger partial charge in [-0.3, -0.25) is 4.79 Å². The van der Waals surface area contributed by atoms with Gasteiger partial charge in [0.05, 0.1) is 12.7 Å². The van der Waals surface area contributed by atoms with Gasteiger partial charge in [0.1, 0.15) is 11.6 Å². The van der Waals surface area contributed by atoms with Gasteiger partial charge in [0.25, 0.3) is 5.91 Å². The molecular formula is C20H25FN2O2. The van der Waals surface area contributed by atoms with Crippen LogP contribution in [0.1, 0.15) is 30.6 Å². The summed E-state index contributed by atoms with van der Waals surface area (Å²) >= 11 is 0. The molecule has 0 heterocycles. The number of benzene rings is 2. The third-order valence-electron chi connectivity index (χ3n) is 4.01. The summed E-state index contributed by atoms with van der Waals surface area (Å²) in [4.78, 5) is 12.3. The Morgan fingerprint density at radius 3 is 2.32 bits per heavy atom. The summed E-state index contributed by atoms with van der Waals surface area (Å²) in [7, 11) is 1.59. The lowest BCUT2D eigenvalue weighted by Crippen LogP contribution is -2.41. The maximum atomic E-state index is 14.4. The van der Waals surface area contributed by atoms with E-state index in [1.54, 1.807) is 13.2 Å². The summed E-state index contributed by atoms with van der Waals surface area (Å²) in [6.07, 6.45) is 0.758. The van der Waals surface area contributed by atoms with Gasteiger partial charge in [-0.25, -0.2) is 4.39 Å². The molecule has 1 unspecified atom stereocenters. The number of amides is 1. The second-order valence-electron chi connectivity index (χ2n) is 6.46. The van der Waals surface area contributed by atoms with E-state index in [0.717, 1.165) is 17.7 Å². The molecule has 0 fully saturated rings. The minimum Gasteiger partial charge on any atom is -0.497 e. The topological polar surface area (TPSA) is 64.3 Å². The number of rotatable bonds is 7. The number of ether oxygens (including phenoxy) is 1. The molecule has 0 aliphatic rings. The number of carbonyl (C=O) groups excluding carboxylic acids is 1. The molecule has 0 saturated carbocycles. The van der Waals surface area contributed by atoms with Gasteiger partial charge in [-0.2, -0.15) is 0 Å². The third-order valence-corrected chi connectivity index (χ3v) is 4.01. The molecule has 2 aromatic rings. The van der Waals surface area contributed by atoms with Crippen molar-refractivity contribution in [2.24, 2.45) is 11.7 Å². The van der Waals surface area contributed by atoms with Crippen LogP contribution in [0.25, 0.3) is 11.1 Å².